The number of fused-ring (bicyclic) bond motifs is 1. The van der Waals surface area contributed by atoms with Gasteiger partial charge in [0.1, 0.15) is 11.3 Å². The number of nitrogens with zero attached hydrogens (tertiary/aromatic N) is 3. The molecule has 0 spiro atoms. The first-order valence-corrected chi connectivity index (χ1v) is 6.42. The molecule has 0 fully saturated rings. The van der Waals surface area contributed by atoms with Crippen LogP contribution in [0.3, 0.4) is 0 Å². The van der Waals surface area contributed by atoms with E-state index in [0.717, 1.165) is 0 Å². The van der Waals surface area contributed by atoms with Crippen LogP contribution in [0.4, 0.5) is 4.39 Å². The maximum atomic E-state index is 13.4. The van der Waals surface area contributed by atoms with Crippen LogP contribution >= 0.6 is 15.9 Å². The molecule has 4 nitrogen and oxygen atoms in total. The summed E-state index contributed by atoms with van der Waals surface area (Å²) in [5.74, 6) is -0.337. The average Bonchev–Trinajstić information content (AvgIpc) is 2.87. The van der Waals surface area contributed by atoms with Gasteiger partial charge in [0, 0.05) is 12.4 Å². The molecule has 0 aliphatic heterocycles. The zero-order chi connectivity index (χ0) is 13.4. The Balaban J connectivity index is 2.08. The molecule has 0 bridgehead atoms. The molecule has 0 unspecified atom stereocenters. The summed E-state index contributed by atoms with van der Waals surface area (Å²) < 4.78 is 16.9. The highest BCUT2D eigenvalue weighted by Crippen LogP contribution is 2.20. The van der Waals surface area contributed by atoms with E-state index >= 15 is 0 Å². The maximum absolute atomic E-state index is 13.4. The van der Waals surface area contributed by atoms with Gasteiger partial charge in [-0.05, 0) is 33.6 Å². The van der Waals surface area contributed by atoms with Gasteiger partial charge in [0.05, 0.1) is 17.2 Å². The zero-order valence-electron chi connectivity index (χ0n) is 9.75. The summed E-state index contributed by atoms with van der Waals surface area (Å²) in [5, 5.41) is 3.99. The van der Waals surface area contributed by atoms with E-state index in [1.54, 1.807) is 36.8 Å². The molecular formula is C13H9BrFN3O. The van der Waals surface area contributed by atoms with Gasteiger partial charge in [-0.2, -0.15) is 5.10 Å². The van der Waals surface area contributed by atoms with E-state index in [2.05, 4.69) is 21.0 Å². The lowest BCUT2D eigenvalue weighted by molar-refractivity contribution is 0.615. The second-order valence-corrected chi connectivity index (χ2v) is 4.90. The first-order chi connectivity index (χ1) is 9.16. The molecule has 0 N–H and O–H groups in total. The van der Waals surface area contributed by atoms with Gasteiger partial charge >= 0.3 is 0 Å². The molecule has 0 amide bonds. The highest BCUT2D eigenvalue weighted by atomic mass is 79.9. The highest BCUT2D eigenvalue weighted by molar-refractivity contribution is 9.10. The molecule has 0 aliphatic carbocycles. The SMILES string of the molecule is O=c1c2ccnn2ccn1Cc1cccc(F)c1Br. The van der Waals surface area contributed by atoms with Crippen LogP contribution in [0.1, 0.15) is 5.56 Å². The molecule has 6 heteroatoms. The quantitative estimate of drug-likeness (QED) is 0.727. The van der Waals surface area contributed by atoms with Crippen molar-refractivity contribution in [3.8, 4) is 0 Å². The van der Waals surface area contributed by atoms with E-state index in [9.17, 15) is 9.18 Å². The van der Waals surface area contributed by atoms with E-state index in [0.29, 0.717) is 22.1 Å². The Bertz CT molecular complexity index is 809. The van der Waals surface area contributed by atoms with E-state index < -0.39 is 0 Å². The van der Waals surface area contributed by atoms with Crippen LogP contribution in [-0.2, 0) is 6.54 Å². The van der Waals surface area contributed by atoms with Gasteiger partial charge in [0.15, 0.2) is 0 Å². The van der Waals surface area contributed by atoms with Crippen molar-refractivity contribution in [2.75, 3.05) is 0 Å². The van der Waals surface area contributed by atoms with E-state index in [1.165, 1.54) is 15.1 Å². The Morgan fingerprint density at radius 1 is 1.26 bits per heavy atom. The van der Waals surface area contributed by atoms with Gasteiger partial charge in [-0.15, -0.1) is 0 Å². The molecule has 0 atom stereocenters. The fraction of sp³-hybridized carbons (Fsp3) is 0.0769. The molecule has 96 valence electrons. The number of hydrogen-bond donors (Lipinski definition) is 0. The van der Waals surface area contributed by atoms with Crippen LogP contribution in [0.5, 0.6) is 0 Å². The summed E-state index contributed by atoms with van der Waals surface area (Å²) in [6.45, 7) is 0.304. The molecule has 0 radical (unpaired) electrons. The zero-order valence-corrected chi connectivity index (χ0v) is 11.3. The summed E-state index contributed by atoms with van der Waals surface area (Å²) in [6, 6.07) is 6.42. The number of halogens is 2. The van der Waals surface area contributed by atoms with Crippen molar-refractivity contribution in [1.29, 1.82) is 0 Å². The molecule has 2 heterocycles. The molecule has 0 saturated heterocycles. The third-order valence-electron chi connectivity index (χ3n) is 2.91. The van der Waals surface area contributed by atoms with Crippen molar-refractivity contribution >= 4 is 21.4 Å². The third kappa shape index (κ3) is 2.08. The predicted molar refractivity (Wildman–Crippen MR) is 72.7 cm³/mol. The van der Waals surface area contributed by atoms with Gasteiger partial charge in [-0.1, -0.05) is 12.1 Å². The van der Waals surface area contributed by atoms with Crippen LogP contribution in [-0.4, -0.2) is 14.2 Å². The van der Waals surface area contributed by atoms with Crippen molar-refractivity contribution in [2.45, 2.75) is 6.54 Å². The van der Waals surface area contributed by atoms with Gasteiger partial charge in [-0.25, -0.2) is 8.91 Å². The van der Waals surface area contributed by atoms with Gasteiger partial charge in [0.25, 0.3) is 5.56 Å². The molecule has 3 rings (SSSR count). The minimum absolute atomic E-state index is 0.156. The van der Waals surface area contributed by atoms with Gasteiger partial charge in [0.2, 0.25) is 0 Å². The summed E-state index contributed by atoms with van der Waals surface area (Å²) in [7, 11) is 0. The smallest absolute Gasteiger partial charge is 0.276 e. The lowest BCUT2D eigenvalue weighted by Gasteiger charge is -2.08. The van der Waals surface area contributed by atoms with Gasteiger partial charge < -0.3 is 4.57 Å². The Morgan fingerprint density at radius 3 is 2.95 bits per heavy atom. The Hall–Kier alpha value is -1.95. The molecule has 2 aromatic heterocycles. The predicted octanol–water partition coefficient (Wildman–Crippen LogP) is 2.45. The van der Waals surface area contributed by atoms with Crippen LogP contribution < -0.4 is 5.56 Å². The molecule has 19 heavy (non-hydrogen) atoms. The van der Waals surface area contributed by atoms with Crippen molar-refractivity contribution < 1.29 is 4.39 Å². The van der Waals surface area contributed by atoms with E-state index in [1.807, 2.05) is 0 Å². The number of hydrogen-bond acceptors (Lipinski definition) is 2. The third-order valence-corrected chi connectivity index (χ3v) is 3.80. The molecule has 0 aliphatic rings. The standard InChI is InChI=1S/C13H9BrFN3O/c14-12-9(2-1-3-10(12)15)8-17-6-7-18-11(13(17)19)4-5-16-18/h1-7H,8H2. The number of rotatable bonds is 2. The van der Waals surface area contributed by atoms with E-state index in [-0.39, 0.29) is 11.4 Å². The van der Waals surface area contributed by atoms with Crippen molar-refractivity contribution in [3.63, 3.8) is 0 Å². The van der Waals surface area contributed by atoms with Crippen LogP contribution in [0.15, 0.2) is 52.1 Å². The molecular weight excluding hydrogens is 313 g/mol. The first-order valence-electron chi connectivity index (χ1n) is 5.62. The number of benzene rings is 1. The fourth-order valence-electron chi connectivity index (χ4n) is 1.94. The summed E-state index contributed by atoms with van der Waals surface area (Å²) in [5.41, 5.74) is 1.05. The van der Waals surface area contributed by atoms with Crippen LogP contribution in [0, 0.1) is 5.82 Å². The van der Waals surface area contributed by atoms with Crippen molar-refractivity contribution in [1.82, 2.24) is 14.2 Å². The molecule has 0 saturated carbocycles. The summed E-state index contributed by atoms with van der Waals surface area (Å²) in [6.07, 6.45) is 4.91. The lowest BCUT2D eigenvalue weighted by Crippen LogP contribution is -2.22. The fourth-order valence-corrected chi connectivity index (χ4v) is 2.33. The molecule has 3 aromatic rings. The lowest BCUT2D eigenvalue weighted by atomic mass is 10.2. The Morgan fingerprint density at radius 2 is 2.11 bits per heavy atom. The minimum atomic E-state index is -0.337. The van der Waals surface area contributed by atoms with Crippen LogP contribution in [0.25, 0.3) is 5.52 Å². The second-order valence-electron chi connectivity index (χ2n) is 4.11. The Kier molecular flexibility index (Phi) is 2.94. The average molecular weight is 322 g/mol. The van der Waals surface area contributed by atoms with Crippen molar-refractivity contribution in [3.05, 3.63) is 69.1 Å². The summed E-state index contributed by atoms with van der Waals surface area (Å²) in [4.78, 5) is 12.2. The summed E-state index contributed by atoms with van der Waals surface area (Å²) >= 11 is 3.20. The largest absolute Gasteiger partial charge is 0.308 e. The van der Waals surface area contributed by atoms with Gasteiger partial charge in [-0.3, -0.25) is 4.79 Å². The second kappa shape index (κ2) is 4.62. The molecule has 1 aromatic carbocycles. The number of aromatic nitrogens is 3. The Labute approximate surface area is 116 Å². The normalized spacial score (nSPS) is 11.1. The van der Waals surface area contributed by atoms with E-state index in [4.69, 9.17) is 0 Å². The van der Waals surface area contributed by atoms with Crippen molar-refractivity contribution in [2.24, 2.45) is 0 Å². The maximum Gasteiger partial charge on any atom is 0.276 e. The topological polar surface area (TPSA) is 39.3 Å². The highest BCUT2D eigenvalue weighted by Gasteiger charge is 2.08. The van der Waals surface area contributed by atoms with Crippen LogP contribution in [0.2, 0.25) is 0 Å². The first kappa shape index (κ1) is 12.1. The minimum Gasteiger partial charge on any atom is -0.308 e. The monoisotopic (exact) mass is 321 g/mol.